The highest BCUT2D eigenvalue weighted by molar-refractivity contribution is 9.09. The van der Waals surface area contributed by atoms with Gasteiger partial charge in [0.1, 0.15) is 0 Å². The van der Waals surface area contributed by atoms with E-state index in [1.165, 1.54) is 17.5 Å². The van der Waals surface area contributed by atoms with Gasteiger partial charge < -0.3 is 10.1 Å². The lowest BCUT2D eigenvalue weighted by Gasteiger charge is -2.36. The van der Waals surface area contributed by atoms with Crippen molar-refractivity contribution in [3.63, 3.8) is 0 Å². The van der Waals surface area contributed by atoms with Crippen LogP contribution in [0.15, 0.2) is 18.2 Å². The number of hydrogen-bond donors (Lipinski definition) is 1. The lowest BCUT2D eigenvalue weighted by atomic mass is 9.92. The predicted octanol–water partition coefficient (Wildman–Crippen LogP) is 2.85. The molecule has 0 radical (unpaired) electrons. The summed E-state index contributed by atoms with van der Waals surface area (Å²) in [4.78, 5) is 12.5. The predicted molar refractivity (Wildman–Crippen MR) is 82.5 cm³/mol. The van der Waals surface area contributed by atoms with E-state index in [1.54, 1.807) is 0 Å². The Labute approximate surface area is 128 Å². The van der Waals surface area contributed by atoms with Gasteiger partial charge in [-0.2, -0.15) is 0 Å². The number of ether oxygens (including phenoxy) is 1. The van der Waals surface area contributed by atoms with Gasteiger partial charge in [0.15, 0.2) is 0 Å². The second-order valence-corrected chi connectivity index (χ2v) is 6.38. The second-order valence-electron chi connectivity index (χ2n) is 5.82. The quantitative estimate of drug-likeness (QED) is 0.861. The highest BCUT2D eigenvalue weighted by Gasteiger charge is 2.33. The van der Waals surface area contributed by atoms with Gasteiger partial charge in [-0.15, -0.1) is 0 Å². The van der Waals surface area contributed by atoms with E-state index >= 15 is 0 Å². The summed E-state index contributed by atoms with van der Waals surface area (Å²) < 4.78 is 5.40. The first kappa shape index (κ1) is 14.1. The minimum absolute atomic E-state index is 0.0426. The summed E-state index contributed by atoms with van der Waals surface area (Å²) in [5.74, 6) is 0.0426. The monoisotopic (exact) mass is 337 g/mol. The summed E-state index contributed by atoms with van der Waals surface area (Å²) in [6, 6.07) is 6.14. The summed E-state index contributed by atoms with van der Waals surface area (Å²) in [5.41, 5.74) is 3.38. The molecule has 1 amide bonds. The van der Waals surface area contributed by atoms with E-state index in [0.717, 1.165) is 49.8 Å². The molecule has 1 heterocycles. The highest BCUT2D eigenvalue weighted by atomic mass is 79.9. The molecule has 1 aromatic rings. The second kappa shape index (κ2) is 5.86. The molecule has 1 aliphatic carbocycles. The fourth-order valence-corrected chi connectivity index (χ4v) is 3.78. The van der Waals surface area contributed by atoms with Crippen molar-refractivity contribution in [2.24, 2.45) is 0 Å². The summed E-state index contributed by atoms with van der Waals surface area (Å²) >= 11 is 3.55. The number of carbonyl (C=O) groups excluding carboxylic acids is 1. The standard InChI is InChI=1S/C16H20BrNO2/c17-11-16(6-8-20-9-7-16)18-15(19)14-5-4-12-2-1-3-13(12)10-14/h4-5,10H,1-3,6-9,11H2,(H,18,19). The van der Waals surface area contributed by atoms with Gasteiger partial charge in [0.2, 0.25) is 0 Å². The number of hydrogen-bond acceptors (Lipinski definition) is 2. The van der Waals surface area contributed by atoms with Gasteiger partial charge in [-0.25, -0.2) is 0 Å². The van der Waals surface area contributed by atoms with Gasteiger partial charge in [0, 0.05) is 24.1 Å². The van der Waals surface area contributed by atoms with Crippen LogP contribution in [-0.4, -0.2) is 30.0 Å². The molecule has 3 rings (SSSR count). The average Bonchev–Trinajstić information content (AvgIpc) is 2.95. The third kappa shape index (κ3) is 2.77. The van der Waals surface area contributed by atoms with E-state index < -0.39 is 0 Å². The van der Waals surface area contributed by atoms with E-state index in [0.29, 0.717) is 0 Å². The third-order valence-electron chi connectivity index (χ3n) is 4.45. The first-order chi connectivity index (χ1) is 9.72. The highest BCUT2D eigenvalue weighted by Crippen LogP contribution is 2.25. The molecule has 1 aromatic carbocycles. The van der Waals surface area contributed by atoms with Crippen LogP contribution in [0.4, 0.5) is 0 Å². The zero-order valence-electron chi connectivity index (χ0n) is 11.6. The minimum Gasteiger partial charge on any atom is -0.381 e. The van der Waals surface area contributed by atoms with E-state index in [9.17, 15) is 4.79 Å². The van der Waals surface area contributed by atoms with Crippen LogP contribution >= 0.6 is 15.9 Å². The van der Waals surface area contributed by atoms with Crippen LogP contribution in [0.2, 0.25) is 0 Å². The number of halogens is 1. The molecule has 1 aliphatic heterocycles. The van der Waals surface area contributed by atoms with Crippen molar-refractivity contribution >= 4 is 21.8 Å². The fraction of sp³-hybridized carbons (Fsp3) is 0.562. The number of amides is 1. The molecule has 1 N–H and O–H groups in total. The normalized spacial score (nSPS) is 20.4. The van der Waals surface area contributed by atoms with Crippen molar-refractivity contribution < 1.29 is 9.53 Å². The molecule has 2 aliphatic rings. The van der Waals surface area contributed by atoms with Gasteiger partial charge in [0.05, 0.1) is 5.54 Å². The Kier molecular flexibility index (Phi) is 4.13. The molecule has 3 nitrogen and oxygen atoms in total. The smallest absolute Gasteiger partial charge is 0.251 e. The van der Waals surface area contributed by atoms with Crippen molar-refractivity contribution in [3.8, 4) is 0 Å². The lowest BCUT2D eigenvalue weighted by molar-refractivity contribution is 0.0442. The maximum Gasteiger partial charge on any atom is 0.251 e. The van der Waals surface area contributed by atoms with Crippen LogP contribution in [0.5, 0.6) is 0 Å². The van der Waals surface area contributed by atoms with Gasteiger partial charge in [-0.1, -0.05) is 22.0 Å². The average molecular weight is 338 g/mol. The Morgan fingerprint density at radius 3 is 2.75 bits per heavy atom. The number of fused-ring (bicyclic) bond motifs is 1. The van der Waals surface area contributed by atoms with Gasteiger partial charge in [-0.05, 0) is 55.4 Å². The van der Waals surface area contributed by atoms with Crippen molar-refractivity contribution in [1.29, 1.82) is 0 Å². The number of aryl methyl sites for hydroxylation is 2. The van der Waals surface area contributed by atoms with Crippen molar-refractivity contribution in [2.75, 3.05) is 18.5 Å². The third-order valence-corrected chi connectivity index (χ3v) is 5.52. The van der Waals surface area contributed by atoms with Gasteiger partial charge >= 0.3 is 0 Å². The SMILES string of the molecule is O=C(NC1(CBr)CCOCC1)c1ccc2c(c1)CCC2. The Hall–Kier alpha value is -0.870. The largest absolute Gasteiger partial charge is 0.381 e. The Balaban J connectivity index is 1.75. The van der Waals surface area contributed by atoms with Crippen LogP contribution in [0.1, 0.15) is 40.7 Å². The first-order valence-electron chi connectivity index (χ1n) is 7.30. The van der Waals surface area contributed by atoms with Crippen LogP contribution in [0, 0.1) is 0 Å². The summed E-state index contributed by atoms with van der Waals surface area (Å²) in [7, 11) is 0. The number of benzene rings is 1. The number of rotatable bonds is 3. The molecule has 20 heavy (non-hydrogen) atoms. The molecule has 0 bridgehead atoms. The number of alkyl halides is 1. The fourth-order valence-electron chi connectivity index (χ4n) is 3.08. The van der Waals surface area contributed by atoms with E-state index in [1.807, 2.05) is 6.07 Å². The topological polar surface area (TPSA) is 38.3 Å². The van der Waals surface area contributed by atoms with Crippen LogP contribution in [0.25, 0.3) is 0 Å². The molecular weight excluding hydrogens is 318 g/mol. The minimum atomic E-state index is -0.158. The molecular formula is C16H20BrNO2. The van der Waals surface area contributed by atoms with Gasteiger partial charge in [-0.3, -0.25) is 4.79 Å². The van der Waals surface area contributed by atoms with Crippen molar-refractivity contribution in [1.82, 2.24) is 5.32 Å². The van der Waals surface area contributed by atoms with Crippen molar-refractivity contribution in [3.05, 3.63) is 34.9 Å². The molecule has 1 fully saturated rings. The van der Waals surface area contributed by atoms with Crippen LogP contribution in [-0.2, 0) is 17.6 Å². The zero-order chi connectivity index (χ0) is 14.0. The van der Waals surface area contributed by atoms with Crippen molar-refractivity contribution in [2.45, 2.75) is 37.6 Å². The Morgan fingerprint density at radius 1 is 1.25 bits per heavy atom. The van der Waals surface area contributed by atoms with E-state index in [-0.39, 0.29) is 11.4 Å². The zero-order valence-corrected chi connectivity index (χ0v) is 13.2. The summed E-state index contributed by atoms with van der Waals surface area (Å²) in [5, 5.41) is 4.00. The maximum absolute atomic E-state index is 12.5. The number of nitrogens with one attached hydrogen (secondary N) is 1. The van der Waals surface area contributed by atoms with Crippen LogP contribution < -0.4 is 5.32 Å². The number of carbonyl (C=O) groups is 1. The molecule has 0 aromatic heterocycles. The molecule has 0 saturated carbocycles. The van der Waals surface area contributed by atoms with E-state index in [2.05, 4.69) is 33.4 Å². The van der Waals surface area contributed by atoms with E-state index in [4.69, 9.17) is 4.74 Å². The van der Waals surface area contributed by atoms with Gasteiger partial charge in [0.25, 0.3) is 5.91 Å². The maximum atomic E-state index is 12.5. The summed E-state index contributed by atoms with van der Waals surface area (Å²) in [6.45, 7) is 1.44. The first-order valence-corrected chi connectivity index (χ1v) is 8.43. The Bertz CT molecular complexity index is 509. The molecule has 4 heteroatoms. The molecule has 0 spiro atoms. The molecule has 1 saturated heterocycles. The lowest BCUT2D eigenvalue weighted by Crippen LogP contribution is -2.53. The molecule has 0 unspecified atom stereocenters. The van der Waals surface area contributed by atoms with Crippen LogP contribution in [0.3, 0.4) is 0 Å². The Morgan fingerprint density at radius 2 is 2.00 bits per heavy atom. The molecule has 108 valence electrons. The molecule has 0 atom stereocenters. The summed E-state index contributed by atoms with van der Waals surface area (Å²) in [6.07, 6.45) is 5.21.